The number of carbonyl (C=O) groups excluding carboxylic acids is 1. The molecule has 0 saturated heterocycles. The number of benzene rings is 1. The average Bonchev–Trinajstić information content (AvgIpc) is 2.50. The van der Waals surface area contributed by atoms with Crippen molar-refractivity contribution in [3.05, 3.63) is 45.6 Å². The van der Waals surface area contributed by atoms with Gasteiger partial charge in [-0.25, -0.2) is 4.98 Å². The lowest BCUT2D eigenvalue weighted by molar-refractivity contribution is -0.384. The monoisotopic (exact) mass is 336 g/mol. The van der Waals surface area contributed by atoms with E-state index in [-0.39, 0.29) is 33.9 Å². The van der Waals surface area contributed by atoms with Crippen molar-refractivity contribution in [1.29, 1.82) is 0 Å². The van der Waals surface area contributed by atoms with Crippen molar-refractivity contribution in [3.8, 4) is 11.5 Å². The van der Waals surface area contributed by atoms with Gasteiger partial charge in [-0.05, 0) is 12.1 Å². The zero-order valence-electron chi connectivity index (χ0n) is 12.3. The number of carbonyl (C=O) groups is 1. The van der Waals surface area contributed by atoms with E-state index in [2.05, 4.69) is 15.6 Å². The van der Waals surface area contributed by atoms with Gasteiger partial charge in [-0.15, -0.1) is 0 Å². The van der Waals surface area contributed by atoms with Gasteiger partial charge >= 0.3 is 0 Å². The van der Waals surface area contributed by atoms with Crippen LogP contribution < -0.4 is 15.4 Å². The molecule has 0 radical (unpaired) electrons. The van der Waals surface area contributed by atoms with Crippen LogP contribution in [0.1, 0.15) is 6.92 Å². The lowest BCUT2D eigenvalue weighted by Gasteiger charge is -2.11. The Bertz CT molecular complexity index is 766. The van der Waals surface area contributed by atoms with Crippen LogP contribution in [0.2, 0.25) is 5.02 Å². The molecule has 0 unspecified atom stereocenters. The van der Waals surface area contributed by atoms with E-state index < -0.39 is 4.92 Å². The third kappa shape index (κ3) is 3.86. The average molecular weight is 337 g/mol. The number of nitro benzene ring substituents is 1. The summed E-state index contributed by atoms with van der Waals surface area (Å²) in [7, 11) is 1.59. The summed E-state index contributed by atoms with van der Waals surface area (Å²) in [6.07, 6.45) is 1.41. The van der Waals surface area contributed by atoms with Crippen LogP contribution >= 0.6 is 11.6 Å². The first-order valence-electron chi connectivity index (χ1n) is 6.48. The lowest BCUT2D eigenvalue weighted by atomic mass is 10.2. The van der Waals surface area contributed by atoms with E-state index in [9.17, 15) is 14.9 Å². The molecule has 120 valence electrons. The van der Waals surface area contributed by atoms with Gasteiger partial charge in [0.25, 0.3) is 5.69 Å². The van der Waals surface area contributed by atoms with Gasteiger partial charge in [-0.2, -0.15) is 0 Å². The summed E-state index contributed by atoms with van der Waals surface area (Å²) in [6.45, 7) is 1.32. The van der Waals surface area contributed by atoms with E-state index >= 15 is 0 Å². The SMILES string of the molecule is CNc1ccc(Oc2ccnc(NC(C)=O)c2Cl)cc1[N+](=O)[O-]. The molecule has 23 heavy (non-hydrogen) atoms. The first kappa shape index (κ1) is 16.5. The molecule has 1 heterocycles. The Hall–Kier alpha value is -2.87. The standard InChI is InChI=1S/C14H13ClN4O4/c1-8(20)18-14-13(15)12(5-6-17-14)23-9-3-4-10(16-2)11(7-9)19(21)22/h3-7,16H,1-2H3,(H,17,18,20). The van der Waals surface area contributed by atoms with E-state index in [1.807, 2.05) is 0 Å². The van der Waals surface area contributed by atoms with Gasteiger partial charge in [0.15, 0.2) is 11.6 Å². The summed E-state index contributed by atoms with van der Waals surface area (Å²) in [4.78, 5) is 25.6. The number of halogens is 1. The Balaban J connectivity index is 2.34. The minimum Gasteiger partial charge on any atom is -0.455 e. The summed E-state index contributed by atoms with van der Waals surface area (Å²) in [5.41, 5.74) is 0.236. The number of hydrogen-bond donors (Lipinski definition) is 2. The minimum atomic E-state index is -0.518. The molecule has 1 aromatic carbocycles. The second-order valence-electron chi connectivity index (χ2n) is 4.44. The fourth-order valence-electron chi connectivity index (χ4n) is 1.82. The maximum absolute atomic E-state index is 11.1. The molecule has 0 saturated carbocycles. The van der Waals surface area contributed by atoms with Crippen molar-refractivity contribution in [3.63, 3.8) is 0 Å². The van der Waals surface area contributed by atoms with Crippen LogP contribution in [0.25, 0.3) is 0 Å². The van der Waals surface area contributed by atoms with E-state index in [1.165, 1.54) is 31.3 Å². The van der Waals surface area contributed by atoms with Gasteiger partial charge in [0, 0.05) is 26.2 Å². The van der Waals surface area contributed by atoms with Gasteiger partial charge in [-0.1, -0.05) is 11.6 Å². The van der Waals surface area contributed by atoms with Crippen LogP contribution in [0.15, 0.2) is 30.5 Å². The van der Waals surface area contributed by atoms with Gasteiger partial charge in [0.1, 0.15) is 16.5 Å². The zero-order chi connectivity index (χ0) is 17.0. The summed E-state index contributed by atoms with van der Waals surface area (Å²) in [5, 5.41) is 16.4. The highest BCUT2D eigenvalue weighted by molar-refractivity contribution is 6.34. The summed E-state index contributed by atoms with van der Waals surface area (Å²) >= 11 is 6.12. The number of nitrogens with zero attached hydrogens (tertiary/aromatic N) is 2. The highest BCUT2D eigenvalue weighted by Gasteiger charge is 2.16. The molecule has 0 aliphatic rings. The van der Waals surface area contributed by atoms with Crippen LogP contribution in [-0.2, 0) is 4.79 Å². The normalized spacial score (nSPS) is 10.0. The summed E-state index contributed by atoms with van der Waals surface area (Å²) < 4.78 is 5.57. The van der Waals surface area contributed by atoms with Crippen molar-refractivity contribution in [2.75, 3.05) is 17.7 Å². The smallest absolute Gasteiger partial charge is 0.296 e. The molecule has 0 aliphatic carbocycles. The summed E-state index contributed by atoms with van der Waals surface area (Å²) in [6, 6.07) is 5.86. The number of nitro groups is 1. The molecule has 0 atom stereocenters. The fraction of sp³-hybridized carbons (Fsp3) is 0.143. The maximum Gasteiger partial charge on any atom is 0.296 e. The van der Waals surface area contributed by atoms with Crippen molar-refractivity contribution in [2.24, 2.45) is 0 Å². The molecule has 2 aromatic rings. The van der Waals surface area contributed by atoms with Crippen LogP contribution in [0, 0.1) is 10.1 Å². The van der Waals surface area contributed by atoms with Gasteiger partial charge in [0.2, 0.25) is 5.91 Å². The molecule has 1 amide bonds. The topological polar surface area (TPSA) is 106 Å². The van der Waals surface area contributed by atoms with Crippen LogP contribution in [-0.4, -0.2) is 22.9 Å². The molecule has 0 spiro atoms. The van der Waals surface area contributed by atoms with Crippen LogP contribution in [0.5, 0.6) is 11.5 Å². The quantitative estimate of drug-likeness (QED) is 0.640. The number of anilines is 2. The Morgan fingerprint density at radius 2 is 2.13 bits per heavy atom. The molecule has 1 aromatic heterocycles. The molecule has 0 fully saturated rings. The number of pyridine rings is 1. The van der Waals surface area contributed by atoms with E-state index in [1.54, 1.807) is 13.1 Å². The molecule has 9 heteroatoms. The van der Waals surface area contributed by atoms with Crippen molar-refractivity contribution in [2.45, 2.75) is 6.92 Å². The summed E-state index contributed by atoms with van der Waals surface area (Å²) in [5.74, 6) is 0.276. The minimum absolute atomic E-state index is 0.100. The van der Waals surface area contributed by atoms with Crippen molar-refractivity contribution >= 4 is 34.7 Å². The molecule has 8 nitrogen and oxygen atoms in total. The zero-order valence-corrected chi connectivity index (χ0v) is 13.0. The van der Waals surface area contributed by atoms with Crippen molar-refractivity contribution in [1.82, 2.24) is 4.98 Å². The van der Waals surface area contributed by atoms with Crippen molar-refractivity contribution < 1.29 is 14.5 Å². The Morgan fingerprint density at radius 3 is 2.74 bits per heavy atom. The number of amides is 1. The lowest BCUT2D eigenvalue weighted by Crippen LogP contribution is -2.08. The molecule has 0 aliphatic heterocycles. The molecule has 2 N–H and O–H groups in total. The third-order valence-electron chi connectivity index (χ3n) is 2.81. The van der Waals surface area contributed by atoms with Crippen LogP contribution in [0.4, 0.5) is 17.2 Å². The predicted molar refractivity (Wildman–Crippen MR) is 86.3 cm³/mol. The highest BCUT2D eigenvalue weighted by atomic mass is 35.5. The number of hydrogen-bond acceptors (Lipinski definition) is 6. The van der Waals surface area contributed by atoms with Gasteiger partial charge in [0.05, 0.1) is 11.0 Å². The second kappa shape index (κ2) is 6.93. The van der Waals surface area contributed by atoms with Gasteiger partial charge < -0.3 is 15.4 Å². The van der Waals surface area contributed by atoms with Gasteiger partial charge in [-0.3, -0.25) is 14.9 Å². The predicted octanol–water partition coefficient (Wildman–Crippen LogP) is 3.44. The number of nitrogens with one attached hydrogen (secondary N) is 2. The molecule has 2 rings (SSSR count). The first-order valence-corrected chi connectivity index (χ1v) is 6.86. The van der Waals surface area contributed by atoms with E-state index in [0.717, 1.165) is 0 Å². The Morgan fingerprint density at radius 1 is 1.39 bits per heavy atom. The van der Waals surface area contributed by atoms with E-state index in [4.69, 9.17) is 16.3 Å². The molecule has 0 bridgehead atoms. The maximum atomic E-state index is 11.1. The first-order chi connectivity index (χ1) is 10.9. The number of aromatic nitrogens is 1. The second-order valence-corrected chi connectivity index (χ2v) is 4.82. The fourth-order valence-corrected chi connectivity index (χ4v) is 2.02. The van der Waals surface area contributed by atoms with E-state index in [0.29, 0.717) is 5.69 Å². The highest BCUT2D eigenvalue weighted by Crippen LogP contribution is 2.36. The Labute approximate surface area is 136 Å². The Kier molecular flexibility index (Phi) is 4.97. The largest absolute Gasteiger partial charge is 0.455 e. The molecular formula is C14H13ClN4O4. The third-order valence-corrected chi connectivity index (χ3v) is 3.18. The number of ether oxygens (including phenoxy) is 1. The molecular weight excluding hydrogens is 324 g/mol. The number of rotatable bonds is 5. The van der Waals surface area contributed by atoms with Crippen LogP contribution in [0.3, 0.4) is 0 Å².